The monoisotopic (exact) mass is 540 g/mol. The van der Waals surface area contributed by atoms with E-state index in [1.807, 2.05) is 48.5 Å². The van der Waals surface area contributed by atoms with E-state index in [4.69, 9.17) is 10.2 Å². The van der Waals surface area contributed by atoms with Gasteiger partial charge in [0, 0.05) is 36.3 Å². The molecule has 0 aliphatic rings. The second-order valence-corrected chi connectivity index (χ2v) is 15.8. The van der Waals surface area contributed by atoms with E-state index in [1.54, 1.807) is 30.7 Å². The van der Waals surface area contributed by atoms with E-state index >= 15 is 0 Å². The smallest absolute Gasteiger partial charge is 0.255 e. The zero-order valence-electron chi connectivity index (χ0n) is 23.2. The predicted molar refractivity (Wildman–Crippen MR) is 160 cm³/mol. The van der Waals surface area contributed by atoms with Gasteiger partial charge in [0.2, 0.25) is 5.95 Å². The molecule has 0 saturated carbocycles. The number of anilines is 3. The number of hydrogen-bond donors (Lipinski definition) is 3. The maximum atomic E-state index is 12.9. The van der Waals surface area contributed by atoms with Gasteiger partial charge in [0.05, 0.1) is 23.7 Å². The molecule has 2 aromatic carbocycles. The van der Waals surface area contributed by atoms with Crippen LogP contribution in [0.3, 0.4) is 0 Å². The average Bonchev–Trinajstić information content (AvgIpc) is 2.92. The van der Waals surface area contributed by atoms with Crippen LogP contribution < -0.4 is 16.4 Å². The SMILES string of the molecule is CC(C)(C)[Si](C)(C)OCc1ccc(NC(=O)c2ccc(CNc3nccc(-c4cccnc4)n3)cc2)c(N)c1. The minimum atomic E-state index is -1.86. The van der Waals surface area contributed by atoms with Gasteiger partial charge in [0.15, 0.2) is 8.32 Å². The third-order valence-corrected chi connectivity index (χ3v) is 11.5. The van der Waals surface area contributed by atoms with E-state index in [0.29, 0.717) is 36.0 Å². The Morgan fingerprint density at radius 2 is 1.74 bits per heavy atom. The zero-order valence-corrected chi connectivity index (χ0v) is 24.2. The molecule has 1 amide bonds. The first-order valence-electron chi connectivity index (χ1n) is 12.9. The summed E-state index contributed by atoms with van der Waals surface area (Å²) in [7, 11) is -1.86. The van der Waals surface area contributed by atoms with Gasteiger partial charge in [-0.05, 0) is 71.7 Å². The van der Waals surface area contributed by atoms with E-state index in [1.165, 1.54) is 0 Å². The van der Waals surface area contributed by atoms with Crippen molar-refractivity contribution in [2.45, 2.75) is 52.1 Å². The summed E-state index contributed by atoms with van der Waals surface area (Å²) in [5.74, 6) is 0.297. The van der Waals surface area contributed by atoms with Gasteiger partial charge in [0.1, 0.15) is 0 Å². The molecule has 0 spiro atoms. The van der Waals surface area contributed by atoms with Gasteiger partial charge in [-0.15, -0.1) is 0 Å². The van der Waals surface area contributed by atoms with Crippen molar-refractivity contribution in [1.82, 2.24) is 15.0 Å². The van der Waals surface area contributed by atoms with Gasteiger partial charge in [0.25, 0.3) is 5.91 Å². The van der Waals surface area contributed by atoms with Gasteiger partial charge in [-0.1, -0.05) is 39.0 Å². The summed E-state index contributed by atoms with van der Waals surface area (Å²) < 4.78 is 6.29. The van der Waals surface area contributed by atoms with Crippen LogP contribution in [0, 0.1) is 0 Å². The molecule has 0 bridgehead atoms. The fourth-order valence-electron chi connectivity index (χ4n) is 3.56. The zero-order chi connectivity index (χ0) is 28.0. The molecule has 39 heavy (non-hydrogen) atoms. The number of nitrogens with one attached hydrogen (secondary N) is 2. The van der Waals surface area contributed by atoms with E-state index in [2.05, 4.69) is 59.5 Å². The summed E-state index contributed by atoms with van der Waals surface area (Å²) >= 11 is 0. The fraction of sp³-hybridized carbons (Fsp3) is 0.267. The molecular formula is C30H36N6O2Si. The highest BCUT2D eigenvalue weighted by atomic mass is 28.4. The van der Waals surface area contributed by atoms with Gasteiger partial charge in [-0.2, -0.15) is 0 Å². The molecular weight excluding hydrogens is 504 g/mol. The molecule has 0 radical (unpaired) electrons. The Bertz CT molecular complexity index is 1420. The molecule has 4 aromatic rings. The van der Waals surface area contributed by atoms with Crippen molar-refractivity contribution in [1.29, 1.82) is 0 Å². The Kier molecular flexibility index (Phi) is 8.42. The van der Waals surface area contributed by atoms with Crippen molar-refractivity contribution in [2.24, 2.45) is 0 Å². The average molecular weight is 541 g/mol. The largest absolute Gasteiger partial charge is 0.413 e. The number of carbonyl (C=O) groups is 1. The molecule has 2 aromatic heterocycles. The number of amides is 1. The molecule has 8 nitrogen and oxygen atoms in total. The molecule has 0 aliphatic carbocycles. The number of hydrogen-bond acceptors (Lipinski definition) is 7. The Morgan fingerprint density at radius 3 is 2.41 bits per heavy atom. The number of carbonyl (C=O) groups excluding carboxylic acids is 1. The number of nitrogens with zero attached hydrogens (tertiary/aromatic N) is 3. The number of aromatic nitrogens is 3. The maximum Gasteiger partial charge on any atom is 0.255 e. The lowest BCUT2D eigenvalue weighted by molar-refractivity contribution is 0.102. The molecule has 0 saturated heterocycles. The minimum Gasteiger partial charge on any atom is -0.413 e. The molecule has 0 atom stereocenters. The second kappa shape index (κ2) is 11.8. The van der Waals surface area contributed by atoms with Crippen LogP contribution in [0.15, 0.2) is 79.3 Å². The summed E-state index contributed by atoms with van der Waals surface area (Å²) in [4.78, 5) is 25.8. The van der Waals surface area contributed by atoms with E-state index < -0.39 is 8.32 Å². The van der Waals surface area contributed by atoms with Gasteiger partial charge >= 0.3 is 0 Å². The van der Waals surface area contributed by atoms with E-state index in [0.717, 1.165) is 22.4 Å². The Labute approximate surface area is 231 Å². The van der Waals surface area contributed by atoms with Gasteiger partial charge < -0.3 is 20.8 Å². The van der Waals surface area contributed by atoms with Crippen LogP contribution in [-0.2, 0) is 17.6 Å². The van der Waals surface area contributed by atoms with Gasteiger partial charge in [-0.25, -0.2) is 9.97 Å². The van der Waals surface area contributed by atoms with E-state index in [9.17, 15) is 4.79 Å². The molecule has 9 heteroatoms. The fourth-order valence-corrected chi connectivity index (χ4v) is 4.53. The number of pyridine rings is 1. The lowest BCUT2D eigenvalue weighted by atomic mass is 10.1. The van der Waals surface area contributed by atoms with Crippen LogP contribution in [0.5, 0.6) is 0 Å². The minimum absolute atomic E-state index is 0.136. The van der Waals surface area contributed by atoms with Crippen molar-refractivity contribution in [3.05, 3.63) is 95.9 Å². The summed E-state index contributed by atoms with van der Waals surface area (Å²) in [6.45, 7) is 12.1. The molecule has 0 fully saturated rings. The summed E-state index contributed by atoms with van der Waals surface area (Å²) in [6.07, 6.45) is 5.21. The number of nitrogen functional groups attached to an aromatic ring is 1. The molecule has 4 N–H and O–H groups in total. The van der Waals surface area contributed by atoms with Crippen LogP contribution >= 0.6 is 0 Å². The standard InChI is InChI=1S/C30H36N6O2Si/c1-30(2,3)39(4,5)38-20-22-10-13-27(25(31)17-22)35-28(37)23-11-8-21(9-12-23)18-34-29-33-16-14-26(36-29)24-7-6-15-32-19-24/h6-17,19H,18,20,31H2,1-5H3,(H,35,37)(H,33,34,36). The van der Waals surface area contributed by atoms with Crippen molar-refractivity contribution < 1.29 is 9.22 Å². The van der Waals surface area contributed by atoms with Crippen molar-refractivity contribution in [3.63, 3.8) is 0 Å². The van der Waals surface area contributed by atoms with Crippen LogP contribution in [0.1, 0.15) is 42.3 Å². The number of nitrogens with two attached hydrogens (primary N) is 1. The second-order valence-electron chi connectivity index (χ2n) is 11.0. The normalized spacial score (nSPS) is 11.7. The quantitative estimate of drug-likeness (QED) is 0.164. The molecule has 4 rings (SSSR count). The third-order valence-electron chi connectivity index (χ3n) is 7.05. The topological polar surface area (TPSA) is 115 Å². The molecule has 2 heterocycles. The predicted octanol–water partition coefficient (Wildman–Crippen LogP) is 6.51. The van der Waals surface area contributed by atoms with Crippen molar-refractivity contribution >= 4 is 31.5 Å². The lowest BCUT2D eigenvalue weighted by Crippen LogP contribution is -2.40. The molecule has 0 unspecified atom stereocenters. The number of rotatable bonds is 9. The first-order valence-corrected chi connectivity index (χ1v) is 15.8. The Morgan fingerprint density at radius 1 is 1.00 bits per heavy atom. The summed E-state index contributed by atoms with van der Waals surface area (Å²) in [5, 5.41) is 6.28. The maximum absolute atomic E-state index is 12.9. The van der Waals surface area contributed by atoms with Crippen molar-refractivity contribution in [3.8, 4) is 11.3 Å². The van der Waals surface area contributed by atoms with Crippen LogP contribution in [0.4, 0.5) is 17.3 Å². The molecule has 0 aliphatic heterocycles. The molecule has 202 valence electrons. The highest BCUT2D eigenvalue weighted by Gasteiger charge is 2.37. The highest BCUT2D eigenvalue weighted by Crippen LogP contribution is 2.37. The lowest BCUT2D eigenvalue weighted by Gasteiger charge is -2.36. The Balaban J connectivity index is 1.33. The first kappa shape index (κ1) is 27.9. The summed E-state index contributed by atoms with van der Waals surface area (Å²) in [6, 6.07) is 18.7. The van der Waals surface area contributed by atoms with E-state index in [-0.39, 0.29) is 10.9 Å². The Hall–Kier alpha value is -4.08. The van der Waals surface area contributed by atoms with Crippen LogP contribution in [-0.4, -0.2) is 29.2 Å². The van der Waals surface area contributed by atoms with Gasteiger partial charge in [-0.3, -0.25) is 9.78 Å². The highest BCUT2D eigenvalue weighted by molar-refractivity contribution is 6.74. The van der Waals surface area contributed by atoms with Crippen molar-refractivity contribution in [2.75, 3.05) is 16.4 Å². The summed E-state index contributed by atoms with van der Waals surface area (Å²) in [5.41, 5.74) is 11.6. The first-order chi connectivity index (χ1) is 18.5. The third kappa shape index (κ3) is 7.27. The van der Waals surface area contributed by atoms with Crippen LogP contribution in [0.2, 0.25) is 18.1 Å². The van der Waals surface area contributed by atoms with Crippen LogP contribution in [0.25, 0.3) is 11.3 Å². The number of benzene rings is 2.